The number of aromatic nitrogens is 2. The van der Waals surface area contributed by atoms with E-state index in [1.165, 1.54) is 13.2 Å². The number of nitrogens with zero attached hydrogens (tertiary/aromatic N) is 1. The molecule has 8 nitrogen and oxygen atoms in total. The molecule has 2 heterocycles. The van der Waals surface area contributed by atoms with Crippen LogP contribution >= 0.6 is 22.9 Å². The topological polar surface area (TPSA) is 127 Å². The zero-order valence-electron chi connectivity index (χ0n) is 14.6. The molecular weight excluding hydrogens is 404 g/mol. The maximum absolute atomic E-state index is 12.5. The minimum atomic E-state index is -0.640. The van der Waals surface area contributed by atoms with Gasteiger partial charge < -0.3 is 15.8 Å². The first kappa shape index (κ1) is 19.6. The molecule has 28 heavy (non-hydrogen) atoms. The van der Waals surface area contributed by atoms with E-state index in [4.69, 9.17) is 22.1 Å². The van der Waals surface area contributed by atoms with E-state index in [2.05, 4.69) is 15.5 Å². The Labute approximate surface area is 168 Å². The number of nitrogens with one attached hydrogen (secondary N) is 2. The van der Waals surface area contributed by atoms with E-state index in [0.717, 1.165) is 16.9 Å². The van der Waals surface area contributed by atoms with Gasteiger partial charge in [0.05, 0.1) is 18.4 Å². The molecule has 0 saturated carbocycles. The molecule has 0 aliphatic rings. The van der Waals surface area contributed by atoms with E-state index in [-0.39, 0.29) is 28.4 Å². The second-order valence-corrected chi connectivity index (χ2v) is 7.00. The van der Waals surface area contributed by atoms with Crippen LogP contribution in [0.15, 0.2) is 40.5 Å². The van der Waals surface area contributed by atoms with Crippen molar-refractivity contribution in [2.75, 3.05) is 7.11 Å². The fourth-order valence-corrected chi connectivity index (χ4v) is 3.49. The number of hydrogen-bond donors (Lipinski definition) is 3. The number of halogens is 1. The van der Waals surface area contributed by atoms with Crippen LogP contribution in [0.1, 0.15) is 25.6 Å². The molecule has 0 aliphatic heterocycles. The summed E-state index contributed by atoms with van der Waals surface area (Å²) in [6, 6.07) is 8.29. The number of primary amides is 1. The largest absolute Gasteiger partial charge is 0.494 e. The minimum absolute atomic E-state index is 0.118. The SMILES string of the molecule is COc1c(-c2cc(C(=O)NCc3ccc(Cl)cc3)c(=O)[nH]n2)csc1C(N)=O. The van der Waals surface area contributed by atoms with Crippen LogP contribution in [0, 0.1) is 0 Å². The zero-order valence-corrected chi connectivity index (χ0v) is 16.2. The van der Waals surface area contributed by atoms with Crippen molar-refractivity contribution in [3.63, 3.8) is 0 Å². The molecule has 4 N–H and O–H groups in total. The molecule has 2 aromatic heterocycles. The Morgan fingerprint density at radius 2 is 2.04 bits per heavy atom. The Balaban J connectivity index is 1.87. The number of hydrogen-bond acceptors (Lipinski definition) is 6. The van der Waals surface area contributed by atoms with Crippen LogP contribution < -0.4 is 21.3 Å². The Morgan fingerprint density at radius 1 is 1.32 bits per heavy atom. The Bertz CT molecular complexity index is 1090. The number of ether oxygens (including phenoxy) is 1. The van der Waals surface area contributed by atoms with Gasteiger partial charge in [0.1, 0.15) is 10.4 Å². The van der Waals surface area contributed by atoms with Crippen LogP contribution in [-0.4, -0.2) is 29.1 Å². The normalized spacial score (nSPS) is 10.5. The van der Waals surface area contributed by atoms with Crippen LogP contribution in [0.4, 0.5) is 0 Å². The first-order valence-electron chi connectivity index (χ1n) is 7.98. The third kappa shape index (κ3) is 4.05. The lowest BCUT2D eigenvalue weighted by atomic mass is 10.1. The van der Waals surface area contributed by atoms with Gasteiger partial charge in [-0.1, -0.05) is 23.7 Å². The maximum atomic E-state index is 12.5. The molecule has 2 amide bonds. The van der Waals surface area contributed by atoms with Crippen LogP contribution in [-0.2, 0) is 6.54 Å². The highest BCUT2D eigenvalue weighted by atomic mass is 35.5. The van der Waals surface area contributed by atoms with E-state index in [9.17, 15) is 14.4 Å². The highest BCUT2D eigenvalue weighted by molar-refractivity contribution is 7.13. The van der Waals surface area contributed by atoms with E-state index in [1.807, 2.05) is 0 Å². The second-order valence-electron chi connectivity index (χ2n) is 5.68. The molecule has 0 unspecified atom stereocenters. The molecule has 0 fully saturated rings. The van der Waals surface area contributed by atoms with Gasteiger partial charge in [-0.25, -0.2) is 5.10 Å². The number of amides is 2. The number of carbonyl (C=O) groups is 2. The quantitative estimate of drug-likeness (QED) is 0.565. The summed E-state index contributed by atoms with van der Waals surface area (Å²) in [6.07, 6.45) is 0. The molecule has 0 spiro atoms. The van der Waals surface area contributed by atoms with Crippen molar-refractivity contribution in [2.24, 2.45) is 5.73 Å². The van der Waals surface area contributed by atoms with Gasteiger partial charge in [-0.05, 0) is 23.8 Å². The highest BCUT2D eigenvalue weighted by Gasteiger charge is 2.21. The summed E-state index contributed by atoms with van der Waals surface area (Å²) in [6.45, 7) is 0.223. The standard InChI is InChI=1S/C18H15ClN4O4S/c1-27-14-12(8-28-15(14)16(20)24)13-6-11(18(26)23-22-13)17(25)21-7-9-2-4-10(19)5-3-9/h2-6,8H,7H2,1H3,(H2,20,24)(H,21,25)(H,23,26). The van der Waals surface area contributed by atoms with Gasteiger partial charge in [0.15, 0.2) is 5.75 Å². The average Bonchev–Trinajstić information content (AvgIpc) is 3.12. The van der Waals surface area contributed by atoms with Gasteiger partial charge in [0.25, 0.3) is 17.4 Å². The first-order chi connectivity index (χ1) is 13.4. The van der Waals surface area contributed by atoms with Crippen molar-refractivity contribution in [1.82, 2.24) is 15.5 Å². The van der Waals surface area contributed by atoms with Gasteiger partial charge in [-0.3, -0.25) is 14.4 Å². The summed E-state index contributed by atoms with van der Waals surface area (Å²) in [4.78, 5) is 36.3. The molecule has 0 atom stereocenters. The molecule has 3 rings (SSSR count). The number of rotatable bonds is 6. The molecular formula is C18H15ClN4O4S. The van der Waals surface area contributed by atoms with Crippen molar-refractivity contribution >= 4 is 34.8 Å². The number of nitrogens with two attached hydrogens (primary N) is 1. The van der Waals surface area contributed by atoms with Gasteiger partial charge >= 0.3 is 0 Å². The fourth-order valence-electron chi connectivity index (χ4n) is 2.49. The predicted molar refractivity (Wildman–Crippen MR) is 106 cm³/mol. The lowest BCUT2D eigenvalue weighted by molar-refractivity contribution is 0.0948. The third-order valence-electron chi connectivity index (χ3n) is 3.86. The predicted octanol–water partition coefficient (Wildman–Crippen LogP) is 2.19. The van der Waals surface area contributed by atoms with Crippen molar-refractivity contribution in [2.45, 2.75) is 6.54 Å². The lowest BCUT2D eigenvalue weighted by Gasteiger charge is -2.07. The summed E-state index contributed by atoms with van der Waals surface area (Å²) in [5, 5.41) is 11.1. The molecule has 1 aromatic carbocycles. The van der Waals surface area contributed by atoms with Crippen molar-refractivity contribution < 1.29 is 14.3 Å². The van der Waals surface area contributed by atoms with Crippen molar-refractivity contribution in [3.05, 3.63) is 67.1 Å². The molecule has 144 valence electrons. The smallest absolute Gasteiger partial charge is 0.277 e. The van der Waals surface area contributed by atoms with Crippen molar-refractivity contribution in [1.29, 1.82) is 0 Å². The summed E-state index contributed by atoms with van der Waals surface area (Å²) < 4.78 is 5.24. The van der Waals surface area contributed by atoms with Crippen LogP contribution in [0.5, 0.6) is 5.75 Å². The summed E-state index contributed by atoms with van der Waals surface area (Å²) in [5.74, 6) is -0.966. The Hall–Kier alpha value is -3.17. The summed E-state index contributed by atoms with van der Waals surface area (Å²) in [7, 11) is 1.39. The number of benzene rings is 1. The number of methoxy groups -OCH3 is 1. The minimum Gasteiger partial charge on any atom is -0.494 e. The maximum Gasteiger partial charge on any atom is 0.277 e. The molecule has 0 saturated heterocycles. The molecule has 10 heteroatoms. The van der Waals surface area contributed by atoms with Gasteiger partial charge in [-0.2, -0.15) is 5.10 Å². The third-order valence-corrected chi connectivity index (χ3v) is 5.09. The monoisotopic (exact) mass is 418 g/mol. The van der Waals surface area contributed by atoms with Crippen LogP contribution in [0.3, 0.4) is 0 Å². The van der Waals surface area contributed by atoms with E-state index >= 15 is 0 Å². The Morgan fingerprint density at radius 3 is 2.68 bits per heavy atom. The van der Waals surface area contributed by atoms with Gasteiger partial charge in [0, 0.05) is 16.9 Å². The van der Waals surface area contributed by atoms with E-state index < -0.39 is 17.4 Å². The van der Waals surface area contributed by atoms with Gasteiger partial charge in [0.2, 0.25) is 0 Å². The summed E-state index contributed by atoms with van der Waals surface area (Å²) >= 11 is 6.92. The van der Waals surface area contributed by atoms with Crippen molar-refractivity contribution in [3.8, 4) is 17.0 Å². The zero-order chi connectivity index (χ0) is 20.3. The number of carbonyl (C=O) groups excluding carboxylic acids is 2. The highest BCUT2D eigenvalue weighted by Crippen LogP contribution is 2.36. The van der Waals surface area contributed by atoms with Crippen LogP contribution in [0.25, 0.3) is 11.3 Å². The second kappa shape index (κ2) is 8.24. The van der Waals surface area contributed by atoms with Crippen LogP contribution in [0.2, 0.25) is 5.02 Å². The fraction of sp³-hybridized carbons (Fsp3) is 0.111. The summed E-state index contributed by atoms with van der Waals surface area (Å²) in [5.41, 5.74) is 6.12. The number of thiophene rings is 1. The van der Waals surface area contributed by atoms with E-state index in [0.29, 0.717) is 10.6 Å². The number of aromatic amines is 1. The van der Waals surface area contributed by atoms with Gasteiger partial charge in [-0.15, -0.1) is 11.3 Å². The molecule has 3 aromatic rings. The molecule has 0 bridgehead atoms. The lowest BCUT2D eigenvalue weighted by Crippen LogP contribution is -2.29. The Kier molecular flexibility index (Phi) is 5.76. The first-order valence-corrected chi connectivity index (χ1v) is 9.24. The van der Waals surface area contributed by atoms with E-state index in [1.54, 1.807) is 29.6 Å². The molecule has 0 aliphatic carbocycles. The number of H-pyrrole nitrogens is 1. The molecule has 0 radical (unpaired) electrons. The average molecular weight is 419 g/mol.